The van der Waals surface area contributed by atoms with Gasteiger partial charge in [0.15, 0.2) is 6.61 Å². The van der Waals surface area contributed by atoms with Crippen molar-refractivity contribution in [2.24, 2.45) is 11.3 Å². The number of nitrogens with one attached hydrogen (secondary N) is 3. The molecule has 4 rings (SSSR count). The molecule has 2 heterocycles. The molecule has 1 aromatic carbocycles. The molecular formula is C16H18ClN3O3. The fourth-order valence-electron chi connectivity index (χ4n) is 3.61. The van der Waals surface area contributed by atoms with Gasteiger partial charge in [-0.3, -0.25) is 9.59 Å². The Bertz CT molecular complexity index is 685. The maximum atomic E-state index is 12.5. The molecular weight excluding hydrogens is 318 g/mol. The van der Waals surface area contributed by atoms with Gasteiger partial charge in [-0.05, 0) is 43.8 Å². The molecule has 2 amide bonds. The highest BCUT2D eigenvalue weighted by atomic mass is 35.5. The molecule has 2 aliphatic heterocycles. The topological polar surface area (TPSA) is 79.5 Å². The summed E-state index contributed by atoms with van der Waals surface area (Å²) >= 11 is 6.22. The van der Waals surface area contributed by atoms with Crippen LogP contribution in [0.1, 0.15) is 19.3 Å². The van der Waals surface area contributed by atoms with Gasteiger partial charge < -0.3 is 20.7 Å². The zero-order chi connectivity index (χ0) is 16.0. The van der Waals surface area contributed by atoms with Gasteiger partial charge in [0, 0.05) is 12.0 Å². The van der Waals surface area contributed by atoms with Crippen LogP contribution in [-0.2, 0) is 9.59 Å². The van der Waals surface area contributed by atoms with Crippen molar-refractivity contribution in [3.8, 4) is 5.75 Å². The largest absolute Gasteiger partial charge is 0.482 e. The minimum Gasteiger partial charge on any atom is -0.482 e. The molecule has 1 spiro atoms. The van der Waals surface area contributed by atoms with Crippen LogP contribution in [-0.4, -0.2) is 31.5 Å². The van der Waals surface area contributed by atoms with Crippen molar-refractivity contribution in [1.29, 1.82) is 0 Å². The molecule has 0 aromatic heterocycles. The number of benzene rings is 1. The lowest BCUT2D eigenvalue weighted by molar-refractivity contribution is -0.119. The summed E-state index contributed by atoms with van der Waals surface area (Å²) in [5, 5.41) is 9.34. The molecule has 1 unspecified atom stereocenters. The van der Waals surface area contributed by atoms with Gasteiger partial charge in [-0.2, -0.15) is 0 Å². The van der Waals surface area contributed by atoms with Gasteiger partial charge in [-0.15, -0.1) is 0 Å². The summed E-state index contributed by atoms with van der Waals surface area (Å²) < 4.78 is 5.37. The first-order valence-electron chi connectivity index (χ1n) is 7.85. The Morgan fingerprint density at radius 3 is 2.91 bits per heavy atom. The summed E-state index contributed by atoms with van der Waals surface area (Å²) in [7, 11) is 0. The molecule has 7 heteroatoms. The standard InChI is InChI=1S/C16H18ClN3O3/c17-10-5-12-13(23-8-14(21)19-12)6-11(10)20-15(22)9-7-16(9)1-3-18-4-2-16/h5-6,9,18H,1-4,7-8H2,(H,19,21)(H,20,22). The normalized spacial score (nSPS) is 24.4. The molecule has 0 bridgehead atoms. The number of carbonyl (C=O) groups excluding carboxylic acids is 2. The Balaban J connectivity index is 1.49. The Kier molecular flexibility index (Phi) is 3.46. The van der Waals surface area contributed by atoms with E-state index >= 15 is 0 Å². The Hall–Kier alpha value is -1.79. The van der Waals surface area contributed by atoms with Crippen LogP contribution in [0, 0.1) is 11.3 Å². The first kappa shape index (κ1) is 14.8. The molecule has 2 fully saturated rings. The van der Waals surface area contributed by atoms with E-state index in [0.29, 0.717) is 22.1 Å². The number of piperidine rings is 1. The van der Waals surface area contributed by atoms with Crippen LogP contribution in [0.4, 0.5) is 11.4 Å². The number of rotatable bonds is 2. The quantitative estimate of drug-likeness (QED) is 0.772. The molecule has 23 heavy (non-hydrogen) atoms. The highest BCUT2D eigenvalue weighted by Gasteiger charge is 2.57. The molecule has 1 aromatic rings. The van der Waals surface area contributed by atoms with Gasteiger partial charge >= 0.3 is 0 Å². The zero-order valence-electron chi connectivity index (χ0n) is 12.6. The molecule has 1 saturated heterocycles. The monoisotopic (exact) mass is 335 g/mol. The summed E-state index contributed by atoms with van der Waals surface area (Å²) in [6.07, 6.45) is 3.06. The van der Waals surface area contributed by atoms with Crippen molar-refractivity contribution in [2.75, 3.05) is 30.3 Å². The third-order valence-corrected chi connectivity index (χ3v) is 5.38. The minimum atomic E-state index is -0.212. The van der Waals surface area contributed by atoms with Crippen LogP contribution < -0.4 is 20.7 Å². The fourth-order valence-corrected chi connectivity index (χ4v) is 3.82. The third kappa shape index (κ3) is 2.66. The summed E-state index contributed by atoms with van der Waals surface area (Å²) in [5.74, 6) is 0.402. The average Bonchev–Trinajstić information content (AvgIpc) is 3.22. The van der Waals surface area contributed by atoms with Gasteiger partial charge in [0.25, 0.3) is 5.91 Å². The number of hydrogen-bond donors (Lipinski definition) is 3. The van der Waals surface area contributed by atoms with E-state index in [1.165, 1.54) is 0 Å². The van der Waals surface area contributed by atoms with Crippen LogP contribution in [0.5, 0.6) is 5.75 Å². The van der Waals surface area contributed by atoms with Crippen LogP contribution in [0.2, 0.25) is 5.02 Å². The predicted octanol–water partition coefficient (Wildman–Crippen LogP) is 2.00. The molecule has 122 valence electrons. The number of hydrogen-bond acceptors (Lipinski definition) is 4. The Labute approximate surface area is 138 Å². The van der Waals surface area contributed by atoms with Crippen molar-refractivity contribution < 1.29 is 14.3 Å². The van der Waals surface area contributed by atoms with Gasteiger partial charge in [0.05, 0.1) is 16.4 Å². The molecule has 0 radical (unpaired) electrons. The lowest BCUT2D eigenvalue weighted by atomic mass is 9.92. The molecule has 1 saturated carbocycles. The number of anilines is 2. The lowest BCUT2D eigenvalue weighted by Gasteiger charge is -2.23. The van der Waals surface area contributed by atoms with Gasteiger partial charge in [0.2, 0.25) is 5.91 Å². The smallest absolute Gasteiger partial charge is 0.262 e. The summed E-state index contributed by atoms with van der Waals surface area (Å²) in [6.45, 7) is 1.94. The van der Waals surface area contributed by atoms with Crippen molar-refractivity contribution in [1.82, 2.24) is 5.32 Å². The van der Waals surface area contributed by atoms with Crippen molar-refractivity contribution in [3.05, 3.63) is 17.2 Å². The van der Waals surface area contributed by atoms with Crippen LogP contribution >= 0.6 is 11.6 Å². The number of carbonyl (C=O) groups is 2. The van der Waals surface area contributed by atoms with E-state index in [-0.39, 0.29) is 29.8 Å². The first-order valence-corrected chi connectivity index (χ1v) is 8.23. The van der Waals surface area contributed by atoms with Crippen molar-refractivity contribution in [2.45, 2.75) is 19.3 Å². The first-order chi connectivity index (χ1) is 11.1. The predicted molar refractivity (Wildman–Crippen MR) is 86.9 cm³/mol. The van der Waals surface area contributed by atoms with E-state index in [1.54, 1.807) is 12.1 Å². The summed E-state index contributed by atoms with van der Waals surface area (Å²) in [6, 6.07) is 3.28. The van der Waals surface area contributed by atoms with Crippen LogP contribution in [0.25, 0.3) is 0 Å². The second-order valence-corrected chi connectivity index (χ2v) is 6.93. The van der Waals surface area contributed by atoms with Crippen molar-refractivity contribution in [3.63, 3.8) is 0 Å². The third-order valence-electron chi connectivity index (χ3n) is 5.07. The highest BCUT2D eigenvalue weighted by molar-refractivity contribution is 6.34. The number of fused-ring (bicyclic) bond motifs is 1. The molecule has 3 N–H and O–H groups in total. The molecule has 1 aliphatic carbocycles. The average molecular weight is 336 g/mol. The maximum absolute atomic E-state index is 12.5. The zero-order valence-corrected chi connectivity index (χ0v) is 13.3. The van der Waals surface area contributed by atoms with E-state index < -0.39 is 0 Å². The Morgan fingerprint density at radius 2 is 2.13 bits per heavy atom. The van der Waals surface area contributed by atoms with Crippen molar-refractivity contribution >= 4 is 34.8 Å². The Morgan fingerprint density at radius 1 is 1.35 bits per heavy atom. The van der Waals surface area contributed by atoms with E-state index in [0.717, 1.165) is 32.4 Å². The van der Waals surface area contributed by atoms with Gasteiger partial charge in [-0.25, -0.2) is 0 Å². The minimum absolute atomic E-state index is 0.0218. The second kappa shape index (κ2) is 5.39. The van der Waals surface area contributed by atoms with E-state index in [9.17, 15) is 9.59 Å². The molecule has 3 aliphatic rings. The SMILES string of the molecule is O=C1COc2cc(NC(=O)C3CC34CCNCC4)c(Cl)cc2N1. The number of halogens is 1. The van der Waals surface area contributed by atoms with E-state index in [1.807, 2.05) is 0 Å². The van der Waals surface area contributed by atoms with E-state index in [2.05, 4.69) is 16.0 Å². The van der Waals surface area contributed by atoms with Crippen LogP contribution in [0.15, 0.2) is 12.1 Å². The van der Waals surface area contributed by atoms with Crippen LogP contribution in [0.3, 0.4) is 0 Å². The molecule has 6 nitrogen and oxygen atoms in total. The summed E-state index contributed by atoms with van der Waals surface area (Å²) in [4.78, 5) is 23.8. The second-order valence-electron chi connectivity index (χ2n) is 6.52. The highest BCUT2D eigenvalue weighted by Crippen LogP contribution is 2.59. The summed E-state index contributed by atoms with van der Waals surface area (Å²) in [5.41, 5.74) is 1.24. The van der Waals surface area contributed by atoms with Gasteiger partial charge in [0.1, 0.15) is 5.75 Å². The molecule has 1 atom stereocenters. The fraction of sp³-hybridized carbons (Fsp3) is 0.500. The maximum Gasteiger partial charge on any atom is 0.262 e. The van der Waals surface area contributed by atoms with E-state index in [4.69, 9.17) is 16.3 Å². The lowest BCUT2D eigenvalue weighted by Crippen LogP contribution is -2.31. The number of ether oxygens (including phenoxy) is 1. The van der Waals surface area contributed by atoms with Gasteiger partial charge in [-0.1, -0.05) is 11.6 Å². The number of amides is 2.